The fraction of sp³-hybridized carbons (Fsp3) is 0.350. The molecule has 2 aromatic heterocycles. The second-order valence-corrected chi connectivity index (χ2v) is 6.69. The Morgan fingerprint density at radius 2 is 1.85 bits per heavy atom. The molecule has 3 rings (SSSR count). The number of carboxylic acids is 1. The summed E-state index contributed by atoms with van der Waals surface area (Å²) in [5, 5.41) is 15.0. The SMILES string of the molecule is CC[C@H](NC(=O)Cc1c(C)c2cc3c(C)coc3c(C)c2oc1=O)C(=O)[O-]. The highest BCUT2D eigenvalue weighted by Gasteiger charge is 2.20. The Labute approximate surface area is 155 Å². The van der Waals surface area contributed by atoms with Gasteiger partial charge in [0, 0.05) is 16.3 Å². The number of hydrogen-bond donors (Lipinski definition) is 1. The number of carboxylic acid groups (broad SMARTS) is 1. The van der Waals surface area contributed by atoms with Crippen molar-refractivity contribution in [2.24, 2.45) is 0 Å². The molecule has 0 aliphatic heterocycles. The lowest BCUT2D eigenvalue weighted by Crippen LogP contribution is -2.48. The summed E-state index contributed by atoms with van der Waals surface area (Å²) < 4.78 is 11.0. The molecule has 3 aromatic rings. The molecule has 0 radical (unpaired) electrons. The van der Waals surface area contributed by atoms with Crippen molar-refractivity contribution in [1.82, 2.24) is 5.32 Å². The summed E-state index contributed by atoms with van der Waals surface area (Å²) in [6.45, 7) is 7.11. The van der Waals surface area contributed by atoms with Crippen molar-refractivity contribution >= 4 is 33.8 Å². The highest BCUT2D eigenvalue weighted by atomic mass is 16.4. The summed E-state index contributed by atoms with van der Waals surface area (Å²) in [4.78, 5) is 35.7. The second kappa shape index (κ2) is 6.90. The molecule has 0 unspecified atom stereocenters. The van der Waals surface area contributed by atoms with Gasteiger partial charge in [-0.1, -0.05) is 6.92 Å². The van der Waals surface area contributed by atoms with Crippen LogP contribution in [0.1, 0.15) is 35.6 Å². The molecule has 142 valence electrons. The third-order valence-electron chi connectivity index (χ3n) is 4.90. The maximum Gasteiger partial charge on any atom is 0.340 e. The molecule has 0 aliphatic carbocycles. The topological polar surface area (TPSA) is 113 Å². The van der Waals surface area contributed by atoms with Gasteiger partial charge in [-0.3, -0.25) is 4.79 Å². The van der Waals surface area contributed by atoms with Crippen LogP contribution in [0.5, 0.6) is 0 Å². The second-order valence-electron chi connectivity index (χ2n) is 6.69. The van der Waals surface area contributed by atoms with Gasteiger partial charge in [0.15, 0.2) is 0 Å². The predicted octanol–water partition coefficient (Wildman–Crippen LogP) is 1.65. The zero-order valence-electron chi connectivity index (χ0n) is 15.6. The van der Waals surface area contributed by atoms with E-state index >= 15 is 0 Å². The third kappa shape index (κ3) is 3.20. The fourth-order valence-electron chi connectivity index (χ4n) is 3.26. The third-order valence-corrected chi connectivity index (χ3v) is 4.90. The van der Waals surface area contributed by atoms with Crippen LogP contribution in [0.3, 0.4) is 0 Å². The molecule has 0 saturated carbocycles. The van der Waals surface area contributed by atoms with Crippen LogP contribution < -0.4 is 16.0 Å². The molecule has 1 amide bonds. The number of carbonyl (C=O) groups is 2. The summed E-state index contributed by atoms with van der Waals surface area (Å²) >= 11 is 0. The first-order valence-electron chi connectivity index (χ1n) is 8.68. The minimum absolute atomic E-state index is 0.191. The number of aliphatic carboxylic acids is 1. The highest BCUT2D eigenvalue weighted by Crippen LogP contribution is 2.32. The van der Waals surface area contributed by atoms with Crippen LogP contribution in [-0.2, 0) is 16.0 Å². The smallest absolute Gasteiger partial charge is 0.340 e. The quantitative estimate of drug-likeness (QED) is 0.684. The zero-order chi connectivity index (χ0) is 19.9. The van der Waals surface area contributed by atoms with Crippen LogP contribution in [0.4, 0.5) is 0 Å². The van der Waals surface area contributed by atoms with E-state index in [9.17, 15) is 19.5 Å². The van der Waals surface area contributed by atoms with Crippen molar-refractivity contribution in [1.29, 1.82) is 0 Å². The van der Waals surface area contributed by atoms with E-state index in [1.165, 1.54) is 0 Å². The Morgan fingerprint density at radius 3 is 2.48 bits per heavy atom. The van der Waals surface area contributed by atoms with Gasteiger partial charge in [-0.25, -0.2) is 4.79 Å². The number of benzene rings is 1. The lowest BCUT2D eigenvalue weighted by molar-refractivity contribution is -0.308. The monoisotopic (exact) mass is 370 g/mol. The number of furan rings is 1. The summed E-state index contributed by atoms with van der Waals surface area (Å²) in [5.41, 5.74) is 2.96. The van der Waals surface area contributed by atoms with Crippen LogP contribution in [0, 0.1) is 20.8 Å². The lowest BCUT2D eigenvalue weighted by atomic mass is 9.99. The number of nitrogens with one attached hydrogen (secondary N) is 1. The first kappa shape index (κ1) is 18.7. The summed E-state index contributed by atoms with van der Waals surface area (Å²) in [6.07, 6.45) is 1.56. The van der Waals surface area contributed by atoms with Crippen LogP contribution in [0.25, 0.3) is 21.9 Å². The maximum atomic E-state index is 12.5. The van der Waals surface area contributed by atoms with Crippen molar-refractivity contribution in [2.75, 3.05) is 0 Å². The van der Waals surface area contributed by atoms with E-state index in [1.54, 1.807) is 20.1 Å². The minimum Gasteiger partial charge on any atom is -0.548 e. The van der Waals surface area contributed by atoms with Gasteiger partial charge in [0.05, 0.1) is 30.3 Å². The zero-order valence-corrected chi connectivity index (χ0v) is 15.6. The van der Waals surface area contributed by atoms with Gasteiger partial charge in [-0.05, 0) is 44.4 Å². The van der Waals surface area contributed by atoms with Gasteiger partial charge >= 0.3 is 5.63 Å². The standard InChI is InChI=1S/C20H21NO6/c1-5-15(19(23)24)21-16(22)7-14-10(3)13-6-12-9(2)8-26-17(12)11(4)18(13)27-20(14)25/h6,8,15H,5,7H2,1-4H3,(H,21,22)(H,23,24)/p-1/t15-/m0/s1. The average molecular weight is 370 g/mol. The van der Waals surface area contributed by atoms with Crippen molar-refractivity contribution in [2.45, 2.75) is 46.6 Å². The molecular formula is C20H20NO6-. The Kier molecular flexibility index (Phi) is 4.78. The minimum atomic E-state index is -1.36. The van der Waals surface area contributed by atoms with Crippen LogP contribution in [0.15, 0.2) is 26.0 Å². The van der Waals surface area contributed by atoms with Crippen LogP contribution in [-0.4, -0.2) is 17.9 Å². The molecule has 1 atom stereocenters. The first-order chi connectivity index (χ1) is 12.7. The number of carbonyl (C=O) groups excluding carboxylic acids is 2. The van der Waals surface area contributed by atoms with Gasteiger partial charge in [0.1, 0.15) is 11.2 Å². The number of fused-ring (bicyclic) bond motifs is 2. The number of hydrogen-bond acceptors (Lipinski definition) is 6. The molecule has 27 heavy (non-hydrogen) atoms. The van der Waals surface area contributed by atoms with Crippen molar-refractivity contribution in [3.05, 3.63) is 45.0 Å². The lowest BCUT2D eigenvalue weighted by Gasteiger charge is -2.18. The molecule has 7 heteroatoms. The van der Waals surface area contributed by atoms with Crippen LogP contribution in [0.2, 0.25) is 0 Å². The van der Waals surface area contributed by atoms with E-state index in [0.717, 1.165) is 21.9 Å². The van der Waals surface area contributed by atoms with Gasteiger partial charge < -0.3 is 24.1 Å². The Bertz CT molecular complexity index is 1120. The van der Waals surface area contributed by atoms with Gasteiger partial charge in [0.25, 0.3) is 0 Å². The summed E-state index contributed by atoms with van der Waals surface area (Å²) in [6, 6.07) is 0.785. The Morgan fingerprint density at radius 1 is 1.15 bits per heavy atom. The van der Waals surface area contributed by atoms with E-state index in [4.69, 9.17) is 8.83 Å². The molecule has 1 aromatic carbocycles. The Balaban J connectivity index is 2.08. The number of rotatable bonds is 5. The molecular weight excluding hydrogens is 350 g/mol. The number of aryl methyl sites for hydroxylation is 3. The molecule has 0 aliphatic rings. The maximum absolute atomic E-state index is 12.5. The molecule has 0 bridgehead atoms. The largest absolute Gasteiger partial charge is 0.548 e. The molecule has 2 heterocycles. The highest BCUT2D eigenvalue weighted by molar-refractivity contribution is 6.00. The summed E-state index contributed by atoms with van der Waals surface area (Å²) in [5.74, 6) is -1.93. The van der Waals surface area contributed by atoms with Crippen molar-refractivity contribution in [3.8, 4) is 0 Å². The van der Waals surface area contributed by atoms with Crippen molar-refractivity contribution < 1.29 is 23.5 Å². The van der Waals surface area contributed by atoms with Crippen LogP contribution >= 0.6 is 0 Å². The van der Waals surface area contributed by atoms with Gasteiger partial charge in [-0.15, -0.1) is 0 Å². The van der Waals surface area contributed by atoms with E-state index in [1.807, 2.05) is 19.9 Å². The van der Waals surface area contributed by atoms with E-state index < -0.39 is 23.5 Å². The predicted molar refractivity (Wildman–Crippen MR) is 97.4 cm³/mol. The van der Waals surface area contributed by atoms with Crippen molar-refractivity contribution in [3.63, 3.8) is 0 Å². The van der Waals surface area contributed by atoms with E-state index in [-0.39, 0.29) is 18.4 Å². The molecule has 1 N–H and O–H groups in total. The first-order valence-corrected chi connectivity index (χ1v) is 8.68. The average Bonchev–Trinajstić information content (AvgIpc) is 2.99. The molecule has 0 fully saturated rings. The summed E-state index contributed by atoms with van der Waals surface area (Å²) in [7, 11) is 0. The normalized spacial score (nSPS) is 12.4. The number of amides is 1. The molecule has 0 spiro atoms. The van der Waals surface area contributed by atoms with Gasteiger partial charge in [-0.2, -0.15) is 0 Å². The fourth-order valence-corrected chi connectivity index (χ4v) is 3.26. The van der Waals surface area contributed by atoms with E-state index in [0.29, 0.717) is 16.7 Å². The van der Waals surface area contributed by atoms with E-state index in [2.05, 4.69) is 5.32 Å². The Hall–Kier alpha value is -3.09. The van der Waals surface area contributed by atoms with Gasteiger partial charge in [0.2, 0.25) is 5.91 Å². The molecule has 0 saturated heterocycles. The molecule has 7 nitrogen and oxygen atoms in total.